The van der Waals surface area contributed by atoms with Crippen LogP contribution in [0.15, 0.2) is 36.7 Å². The molecule has 0 aliphatic rings. The summed E-state index contributed by atoms with van der Waals surface area (Å²) in [6.45, 7) is 0.789. The highest BCUT2D eigenvalue weighted by molar-refractivity contribution is 5.93. The minimum Gasteiger partial charge on any atom is -0.479 e. The Kier molecular flexibility index (Phi) is 4.73. The summed E-state index contributed by atoms with van der Waals surface area (Å²) in [4.78, 5) is 7.82. The summed E-state index contributed by atoms with van der Waals surface area (Å²) in [5, 5.41) is 2.65. The van der Waals surface area contributed by atoms with Crippen LogP contribution in [0.1, 0.15) is 6.92 Å². The lowest BCUT2D eigenvalue weighted by molar-refractivity contribution is -0.189. The summed E-state index contributed by atoms with van der Waals surface area (Å²) in [5.41, 5.74) is 5.89. The Labute approximate surface area is 150 Å². The second-order valence-electron chi connectivity index (χ2n) is 5.69. The molecule has 3 rings (SSSR count). The molecule has 0 aliphatic heterocycles. The molecule has 5 nitrogen and oxygen atoms in total. The lowest BCUT2D eigenvalue weighted by atomic mass is 10.2. The SMILES string of the molecule is CC(Oc1cc(F)ccc1Nc1ncnc2cc(N)cc(F)c12)C(F)(F)F. The number of nitrogens with two attached hydrogens (primary N) is 1. The van der Waals surface area contributed by atoms with Crippen LogP contribution in [0.4, 0.5) is 39.1 Å². The Bertz CT molecular complexity index is 993. The van der Waals surface area contributed by atoms with Gasteiger partial charge in [0.15, 0.2) is 6.10 Å². The van der Waals surface area contributed by atoms with E-state index in [4.69, 9.17) is 10.5 Å². The topological polar surface area (TPSA) is 73.1 Å². The van der Waals surface area contributed by atoms with Crippen molar-refractivity contribution in [2.75, 3.05) is 11.1 Å². The Balaban J connectivity index is 2.03. The number of benzene rings is 2. The van der Waals surface area contributed by atoms with Crippen LogP contribution in [0.25, 0.3) is 10.9 Å². The van der Waals surface area contributed by atoms with Gasteiger partial charge in [0.25, 0.3) is 0 Å². The van der Waals surface area contributed by atoms with Gasteiger partial charge in [-0.3, -0.25) is 0 Å². The normalized spacial score (nSPS) is 12.8. The van der Waals surface area contributed by atoms with Crippen molar-refractivity contribution in [3.63, 3.8) is 0 Å². The van der Waals surface area contributed by atoms with Gasteiger partial charge < -0.3 is 15.8 Å². The van der Waals surface area contributed by atoms with Crippen molar-refractivity contribution in [3.8, 4) is 5.75 Å². The zero-order valence-electron chi connectivity index (χ0n) is 13.8. The predicted octanol–water partition coefficient (Wildman–Crippen LogP) is 4.56. The molecule has 3 aromatic rings. The molecule has 2 aromatic carbocycles. The van der Waals surface area contributed by atoms with Gasteiger partial charge in [-0.2, -0.15) is 13.2 Å². The van der Waals surface area contributed by atoms with Gasteiger partial charge in [0.2, 0.25) is 0 Å². The van der Waals surface area contributed by atoms with Crippen molar-refractivity contribution >= 4 is 28.1 Å². The molecule has 10 heteroatoms. The van der Waals surface area contributed by atoms with E-state index in [1.54, 1.807) is 0 Å². The summed E-state index contributed by atoms with van der Waals surface area (Å²) < 4.78 is 71.0. The molecule has 3 N–H and O–H groups in total. The summed E-state index contributed by atoms with van der Waals surface area (Å²) in [7, 11) is 0. The number of hydrogen-bond acceptors (Lipinski definition) is 5. The molecule has 142 valence electrons. The second kappa shape index (κ2) is 6.86. The Morgan fingerprint density at radius 2 is 1.85 bits per heavy atom. The molecule has 0 bridgehead atoms. The fourth-order valence-electron chi connectivity index (χ4n) is 2.34. The standard InChI is InChI=1S/C17H13F5N4O/c1-8(17(20,21)22)27-14-4-9(18)2-3-12(14)26-16-15-11(19)5-10(23)6-13(15)24-7-25-16/h2-8H,23H2,1H3,(H,24,25,26). The second-order valence-corrected chi connectivity index (χ2v) is 5.69. The van der Waals surface area contributed by atoms with E-state index < -0.39 is 29.7 Å². The number of rotatable bonds is 4. The zero-order valence-corrected chi connectivity index (χ0v) is 13.8. The van der Waals surface area contributed by atoms with Crippen molar-refractivity contribution in [1.29, 1.82) is 0 Å². The van der Waals surface area contributed by atoms with Crippen molar-refractivity contribution in [2.24, 2.45) is 0 Å². The number of ether oxygens (including phenoxy) is 1. The molecule has 1 aromatic heterocycles. The number of nitrogen functional groups attached to an aromatic ring is 1. The summed E-state index contributed by atoms with van der Waals surface area (Å²) in [6.07, 6.45) is -5.70. The van der Waals surface area contributed by atoms with E-state index in [2.05, 4.69) is 15.3 Å². The Hall–Kier alpha value is -3.17. The van der Waals surface area contributed by atoms with Crippen LogP contribution < -0.4 is 15.8 Å². The van der Waals surface area contributed by atoms with Crippen molar-refractivity contribution < 1.29 is 26.7 Å². The van der Waals surface area contributed by atoms with Gasteiger partial charge in [0.05, 0.1) is 16.6 Å². The third-order valence-corrected chi connectivity index (χ3v) is 3.67. The maximum Gasteiger partial charge on any atom is 0.425 e. The predicted molar refractivity (Wildman–Crippen MR) is 89.7 cm³/mol. The van der Waals surface area contributed by atoms with Gasteiger partial charge in [-0.15, -0.1) is 0 Å². The molecule has 0 amide bonds. The van der Waals surface area contributed by atoms with Crippen LogP contribution in [0.3, 0.4) is 0 Å². The molecule has 0 saturated heterocycles. The van der Waals surface area contributed by atoms with Crippen molar-refractivity contribution in [3.05, 3.63) is 48.3 Å². The highest BCUT2D eigenvalue weighted by Gasteiger charge is 2.38. The first kappa shape index (κ1) is 18.6. The first-order valence-corrected chi connectivity index (χ1v) is 7.65. The van der Waals surface area contributed by atoms with Crippen LogP contribution in [0.2, 0.25) is 0 Å². The average molecular weight is 384 g/mol. The van der Waals surface area contributed by atoms with E-state index in [0.29, 0.717) is 0 Å². The maximum atomic E-state index is 14.3. The lowest BCUT2D eigenvalue weighted by Crippen LogP contribution is -2.31. The Morgan fingerprint density at radius 3 is 2.56 bits per heavy atom. The van der Waals surface area contributed by atoms with Gasteiger partial charge in [-0.25, -0.2) is 18.7 Å². The van der Waals surface area contributed by atoms with Crippen LogP contribution in [-0.2, 0) is 0 Å². The maximum absolute atomic E-state index is 14.3. The minimum absolute atomic E-state index is 0.0224. The van der Waals surface area contributed by atoms with Crippen molar-refractivity contribution in [1.82, 2.24) is 9.97 Å². The van der Waals surface area contributed by atoms with Gasteiger partial charge >= 0.3 is 6.18 Å². The van der Waals surface area contributed by atoms with E-state index in [1.165, 1.54) is 6.07 Å². The molecule has 0 fully saturated rings. The smallest absolute Gasteiger partial charge is 0.425 e. The summed E-state index contributed by atoms with van der Waals surface area (Å²) in [6, 6.07) is 5.45. The van der Waals surface area contributed by atoms with Crippen LogP contribution in [0, 0.1) is 11.6 Å². The van der Waals surface area contributed by atoms with Gasteiger partial charge in [-0.05, 0) is 31.2 Å². The quantitative estimate of drug-likeness (QED) is 0.510. The number of fused-ring (bicyclic) bond motifs is 1. The monoisotopic (exact) mass is 384 g/mol. The largest absolute Gasteiger partial charge is 0.479 e. The number of hydrogen-bond donors (Lipinski definition) is 2. The number of nitrogens with one attached hydrogen (secondary N) is 1. The van der Waals surface area contributed by atoms with E-state index in [1.807, 2.05) is 0 Å². The number of alkyl halides is 3. The first-order chi connectivity index (χ1) is 12.6. The molecule has 27 heavy (non-hydrogen) atoms. The molecular weight excluding hydrogens is 371 g/mol. The highest BCUT2D eigenvalue weighted by Crippen LogP contribution is 2.34. The molecule has 0 aliphatic carbocycles. The average Bonchev–Trinajstić information content (AvgIpc) is 2.56. The van der Waals surface area contributed by atoms with Crippen molar-refractivity contribution in [2.45, 2.75) is 19.2 Å². The third kappa shape index (κ3) is 3.99. The molecular formula is C17H13F5N4O. The molecule has 1 unspecified atom stereocenters. The first-order valence-electron chi connectivity index (χ1n) is 7.65. The van der Waals surface area contributed by atoms with Crippen LogP contribution >= 0.6 is 0 Å². The molecule has 0 spiro atoms. The van der Waals surface area contributed by atoms with E-state index in [9.17, 15) is 22.0 Å². The fourth-order valence-corrected chi connectivity index (χ4v) is 2.34. The number of nitrogens with zero attached hydrogens (tertiary/aromatic N) is 2. The number of aromatic nitrogens is 2. The van der Waals surface area contributed by atoms with Gasteiger partial charge in [0.1, 0.15) is 29.5 Å². The number of anilines is 3. The fraction of sp³-hybridized carbons (Fsp3) is 0.176. The van der Waals surface area contributed by atoms with E-state index >= 15 is 0 Å². The van der Waals surface area contributed by atoms with Crippen LogP contribution in [0.5, 0.6) is 5.75 Å². The third-order valence-electron chi connectivity index (χ3n) is 3.67. The molecule has 0 radical (unpaired) electrons. The molecule has 1 atom stereocenters. The number of halogens is 5. The van der Waals surface area contributed by atoms with E-state index in [0.717, 1.165) is 37.5 Å². The minimum atomic E-state index is -4.64. The molecule has 0 saturated carbocycles. The lowest BCUT2D eigenvalue weighted by Gasteiger charge is -2.20. The van der Waals surface area contributed by atoms with Gasteiger partial charge in [0, 0.05) is 11.8 Å². The summed E-state index contributed by atoms with van der Waals surface area (Å²) >= 11 is 0. The van der Waals surface area contributed by atoms with E-state index in [-0.39, 0.29) is 28.1 Å². The van der Waals surface area contributed by atoms with Crippen LogP contribution in [-0.4, -0.2) is 22.2 Å². The van der Waals surface area contributed by atoms with Gasteiger partial charge in [-0.1, -0.05) is 0 Å². The Morgan fingerprint density at radius 1 is 1.11 bits per heavy atom. The molecule has 1 heterocycles. The summed E-state index contributed by atoms with van der Waals surface area (Å²) in [5.74, 6) is -1.95. The highest BCUT2D eigenvalue weighted by atomic mass is 19.4. The zero-order chi connectivity index (χ0) is 19.8.